The van der Waals surface area contributed by atoms with E-state index in [1.54, 1.807) is 12.1 Å². The Morgan fingerprint density at radius 3 is 2.55 bits per heavy atom. The Labute approximate surface area is 128 Å². The summed E-state index contributed by atoms with van der Waals surface area (Å²) in [5.41, 5.74) is 0.884. The normalized spacial score (nSPS) is 22.6. The second-order valence-corrected chi connectivity index (χ2v) is 7.61. The van der Waals surface area contributed by atoms with Crippen LogP contribution in [0.4, 0.5) is 0 Å². The van der Waals surface area contributed by atoms with Gasteiger partial charge in [0.05, 0.1) is 10.9 Å². The van der Waals surface area contributed by atoms with Crippen LogP contribution in [-0.4, -0.2) is 26.0 Å². The highest BCUT2D eigenvalue weighted by molar-refractivity contribution is 7.90. The molecule has 1 fully saturated rings. The van der Waals surface area contributed by atoms with Crippen molar-refractivity contribution in [3.05, 3.63) is 52.5 Å². The molecular formula is C15H18N2O4S. The maximum Gasteiger partial charge on any atom is 0.282 e. The fourth-order valence-electron chi connectivity index (χ4n) is 2.86. The summed E-state index contributed by atoms with van der Waals surface area (Å²) in [5, 5.41) is 3.40. The van der Waals surface area contributed by atoms with E-state index in [2.05, 4.69) is 5.32 Å². The topological polar surface area (TPSA) is 81.3 Å². The molecule has 6 nitrogen and oxygen atoms in total. The third-order valence-corrected chi connectivity index (χ3v) is 5.15. The van der Waals surface area contributed by atoms with Crippen molar-refractivity contribution in [3.8, 4) is 0 Å². The van der Waals surface area contributed by atoms with Crippen LogP contribution in [0, 0.1) is 0 Å². The van der Waals surface area contributed by atoms with Gasteiger partial charge in [0, 0.05) is 18.4 Å². The van der Waals surface area contributed by atoms with Gasteiger partial charge >= 0.3 is 0 Å². The second-order valence-electron chi connectivity index (χ2n) is 5.60. The molecule has 1 aromatic heterocycles. The maximum absolute atomic E-state index is 11.7. The van der Waals surface area contributed by atoms with E-state index in [9.17, 15) is 13.2 Å². The van der Waals surface area contributed by atoms with Crippen LogP contribution < -0.4 is 10.9 Å². The molecule has 2 heterocycles. The van der Waals surface area contributed by atoms with E-state index in [0.29, 0.717) is 4.90 Å². The van der Waals surface area contributed by atoms with Crippen LogP contribution in [0.15, 0.2) is 50.8 Å². The number of aromatic nitrogens is 1. The van der Waals surface area contributed by atoms with E-state index in [1.807, 2.05) is 12.1 Å². The standard InChI is InChI=1S/C15H18N2O4S/c1-22(19,20)13-4-2-11(3-5-13)14-10-12(6-8-16-14)17-15(18)7-9-21-17/h2-5,7,9,12,14,16H,6,8,10H2,1H3/t12-,14-/m1/s1. The van der Waals surface area contributed by atoms with Crippen molar-refractivity contribution in [2.24, 2.45) is 0 Å². The largest absolute Gasteiger partial charge is 0.384 e. The highest BCUT2D eigenvalue weighted by atomic mass is 32.2. The van der Waals surface area contributed by atoms with E-state index < -0.39 is 9.84 Å². The molecular weight excluding hydrogens is 304 g/mol. The van der Waals surface area contributed by atoms with Gasteiger partial charge in [0.1, 0.15) is 6.26 Å². The summed E-state index contributed by atoms with van der Waals surface area (Å²) in [4.78, 5) is 12.0. The number of sulfone groups is 1. The van der Waals surface area contributed by atoms with Gasteiger partial charge in [0.25, 0.3) is 5.56 Å². The third kappa shape index (κ3) is 3.00. The van der Waals surface area contributed by atoms with Crippen molar-refractivity contribution in [2.75, 3.05) is 12.8 Å². The highest BCUT2D eigenvalue weighted by Gasteiger charge is 2.26. The first-order valence-corrected chi connectivity index (χ1v) is 9.04. The molecule has 1 N–H and O–H groups in total. The summed E-state index contributed by atoms with van der Waals surface area (Å²) in [6, 6.07) is 8.39. The molecule has 118 valence electrons. The minimum atomic E-state index is -3.18. The first-order valence-electron chi connectivity index (χ1n) is 7.15. The lowest BCUT2D eigenvalue weighted by molar-refractivity contribution is 0.161. The molecule has 7 heteroatoms. The number of hydrogen-bond donors (Lipinski definition) is 1. The van der Waals surface area contributed by atoms with E-state index in [0.717, 1.165) is 24.9 Å². The lowest BCUT2D eigenvalue weighted by atomic mass is 9.94. The summed E-state index contributed by atoms with van der Waals surface area (Å²) in [7, 11) is -3.18. The zero-order chi connectivity index (χ0) is 15.7. The molecule has 3 rings (SSSR count). The summed E-state index contributed by atoms with van der Waals surface area (Å²) in [6.45, 7) is 0.774. The van der Waals surface area contributed by atoms with Crippen LogP contribution in [0.2, 0.25) is 0 Å². The van der Waals surface area contributed by atoms with E-state index in [-0.39, 0.29) is 17.6 Å². The Morgan fingerprint density at radius 2 is 1.95 bits per heavy atom. The fourth-order valence-corrected chi connectivity index (χ4v) is 3.49. The molecule has 2 atom stereocenters. The van der Waals surface area contributed by atoms with Crippen LogP contribution in [0.3, 0.4) is 0 Å². The Kier molecular flexibility index (Phi) is 3.92. The van der Waals surface area contributed by atoms with E-state index in [1.165, 1.54) is 23.3 Å². The van der Waals surface area contributed by atoms with Gasteiger partial charge in [-0.3, -0.25) is 4.79 Å². The van der Waals surface area contributed by atoms with Crippen LogP contribution in [0.5, 0.6) is 0 Å². The molecule has 0 unspecified atom stereocenters. The molecule has 1 saturated heterocycles. The van der Waals surface area contributed by atoms with Gasteiger partial charge in [0.15, 0.2) is 9.84 Å². The zero-order valence-corrected chi connectivity index (χ0v) is 13.0. The van der Waals surface area contributed by atoms with Crippen molar-refractivity contribution in [2.45, 2.75) is 29.8 Å². The Balaban J connectivity index is 1.80. The number of piperidine rings is 1. The molecule has 0 amide bonds. The lowest BCUT2D eigenvalue weighted by Gasteiger charge is -2.30. The monoisotopic (exact) mass is 322 g/mol. The quantitative estimate of drug-likeness (QED) is 0.926. The molecule has 0 saturated carbocycles. The molecule has 1 aliphatic heterocycles. The van der Waals surface area contributed by atoms with Gasteiger partial charge in [-0.25, -0.2) is 8.42 Å². The average Bonchev–Trinajstić information content (AvgIpc) is 2.93. The number of nitrogens with zero attached hydrogens (tertiary/aromatic N) is 1. The predicted molar refractivity (Wildman–Crippen MR) is 81.5 cm³/mol. The first-order chi connectivity index (χ1) is 10.4. The van der Waals surface area contributed by atoms with Crippen LogP contribution in [-0.2, 0) is 9.84 Å². The fraction of sp³-hybridized carbons (Fsp3) is 0.400. The number of hydrogen-bond acceptors (Lipinski definition) is 5. The van der Waals surface area contributed by atoms with E-state index in [4.69, 9.17) is 4.52 Å². The van der Waals surface area contributed by atoms with Gasteiger partial charge in [-0.2, -0.15) is 4.74 Å². The van der Waals surface area contributed by atoms with Crippen LogP contribution >= 0.6 is 0 Å². The maximum atomic E-state index is 11.7. The van der Waals surface area contributed by atoms with E-state index >= 15 is 0 Å². The molecule has 0 aliphatic carbocycles. The highest BCUT2D eigenvalue weighted by Crippen LogP contribution is 2.30. The Morgan fingerprint density at radius 1 is 1.23 bits per heavy atom. The van der Waals surface area contributed by atoms with Crippen molar-refractivity contribution in [3.63, 3.8) is 0 Å². The third-order valence-electron chi connectivity index (χ3n) is 4.02. The lowest BCUT2D eigenvalue weighted by Crippen LogP contribution is -2.35. The van der Waals surface area contributed by atoms with Crippen LogP contribution in [0.1, 0.15) is 30.5 Å². The number of nitrogens with one attached hydrogen (secondary N) is 1. The Bertz CT molecular complexity index is 805. The molecule has 1 aliphatic rings. The zero-order valence-electron chi connectivity index (χ0n) is 12.2. The summed E-state index contributed by atoms with van der Waals surface area (Å²) in [5.74, 6) is 0. The van der Waals surface area contributed by atoms with Gasteiger partial charge < -0.3 is 9.84 Å². The van der Waals surface area contributed by atoms with Crippen molar-refractivity contribution in [1.82, 2.24) is 10.1 Å². The predicted octanol–water partition coefficient (Wildman–Crippen LogP) is 1.51. The summed E-state index contributed by atoms with van der Waals surface area (Å²) >= 11 is 0. The van der Waals surface area contributed by atoms with Crippen LogP contribution in [0.25, 0.3) is 0 Å². The number of rotatable bonds is 3. The Hall–Kier alpha value is -1.86. The summed E-state index contributed by atoms with van der Waals surface area (Å²) in [6.07, 6.45) is 4.15. The summed E-state index contributed by atoms with van der Waals surface area (Å²) < 4.78 is 29.7. The van der Waals surface area contributed by atoms with Gasteiger partial charge in [-0.15, -0.1) is 0 Å². The van der Waals surface area contributed by atoms with Gasteiger partial charge in [0.2, 0.25) is 0 Å². The molecule has 0 radical (unpaired) electrons. The molecule has 22 heavy (non-hydrogen) atoms. The molecule has 1 aromatic carbocycles. The van der Waals surface area contributed by atoms with Crippen molar-refractivity contribution >= 4 is 9.84 Å². The van der Waals surface area contributed by atoms with Gasteiger partial charge in [-0.05, 0) is 37.1 Å². The van der Waals surface area contributed by atoms with Crippen molar-refractivity contribution in [1.29, 1.82) is 0 Å². The average molecular weight is 322 g/mol. The molecule has 0 bridgehead atoms. The molecule has 2 aromatic rings. The second kappa shape index (κ2) is 5.73. The first kappa shape index (κ1) is 15.1. The smallest absolute Gasteiger partial charge is 0.282 e. The van der Waals surface area contributed by atoms with Crippen molar-refractivity contribution < 1.29 is 12.9 Å². The SMILES string of the molecule is CS(=O)(=O)c1ccc([C@H]2C[C@H](n3occc3=O)CCN2)cc1. The minimum absolute atomic E-state index is 0.0170. The molecule has 0 spiro atoms. The minimum Gasteiger partial charge on any atom is -0.384 e. The number of benzene rings is 1. The van der Waals surface area contributed by atoms with Gasteiger partial charge in [-0.1, -0.05) is 12.1 Å².